The van der Waals surface area contributed by atoms with Crippen molar-refractivity contribution in [2.45, 2.75) is 26.4 Å². The van der Waals surface area contributed by atoms with E-state index in [0.29, 0.717) is 23.5 Å². The van der Waals surface area contributed by atoms with E-state index in [4.69, 9.17) is 9.15 Å². The lowest BCUT2D eigenvalue weighted by molar-refractivity contribution is -0.122. The molecule has 1 aliphatic rings. The number of carbonyl (C=O) groups is 1. The van der Waals surface area contributed by atoms with E-state index in [2.05, 4.69) is 0 Å². The molecule has 0 saturated heterocycles. The van der Waals surface area contributed by atoms with Gasteiger partial charge in [0.05, 0.1) is 5.56 Å². The number of Topliss-reactive ketones (excluding diaryl/α,β-unsaturated/α-hetero) is 1. The number of rotatable bonds is 1. The zero-order valence-electron chi connectivity index (χ0n) is 7.99. The Hall–Kier alpha value is -1.58. The molecule has 0 aromatic carbocycles. The molecule has 4 nitrogen and oxygen atoms in total. The number of hydrogen-bond donors (Lipinski definition) is 0. The van der Waals surface area contributed by atoms with Crippen LogP contribution in [0.2, 0.25) is 0 Å². The number of fused-ring (bicyclic) bond motifs is 1. The summed E-state index contributed by atoms with van der Waals surface area (Å²) in [6.45, 7) is 3.12. The first-order chi connectivity index (χ1) is 6.58. The minimum atomic E-state index is -0.519. The van der Waals surface area contributed by atoms with Gasteiger partial charge in [0.2, 0.25) is 0 Å². The van der Waals surface area contributed by atoms with Crippen LogP contribution in [0.3, 0.4) is 0 Å². The fourth-order valence-electron chi connectivity index (χ4n) is 1.51. The Morgan fingerprint density at radius 3 is 2.93 bits per heavy atom. The van der Waals surface area contributed by atoms with Crippen molar-refractivity contribution in [2.75, 3.05) is 0 Å². The van der Waals surface area contributed by atoms with E-state index in [0.717, 1.165) is 0 Å². The van der Waals surface area contributed by atoms with Crippen molar-refractivity contribution in [3.8, 4) is 5.75 Å². The van der Waals surface area contributed by atoms with Crippen molar-refractivity contribution in [3.63, 3.8) is 0 Å². The molecule has 1 aromatic heterocycles. The number of ether oxygens (including phenoxy) is 1. The second-order valence-corrected chi connectivity index (χ2v) is 3.41. The van der Waals surface area contributed by atoms with Crippen LogP contribution in [0.5, 0.6) is 5.75 Å². The molecule has 74 valence electrons. The van der Waals surface area contributed by atoms with Crippen molar-refractivity contribution >= 4 is 5.78 Å². The first-order valence-electron chi connectivity index (χ1n) is 4.38. The van der Waals surface area contributed by atoms with Crippen molar-refractivity contribution in [1.29, 1.82) is 0 Å². The molecule has 1 aliphatic heterocycles. The molecule has 2 heterocycles. The SMILES string of the molecule is CC(=O)C1Cc2c(cc(C)oc2=O)O1. The molecule has 0 amide bonds. The second kappa shape index (κ2) is 2.97. The number of hydrogen-bond acceptors (Lipinski definition) is 4. The average Bonchev–Trinajstić information content (AvgIpc) is 2.47. The number of ketones is 1. The van der Waals surface area contributed by atoms with Crippen LogP contribution in [0.15, 0.2) is 15.3 Å². The highest BCUT2D eigenvalue weighted by molar-refractivity contribution is 5.82. The minimum absolute atomic E-state index is 0.0711. The lowest BCUT2D eigenvalue weighted by Gasteiger charge is -2.04. The summed E-state index contributed by atoms with van der Waals surface area (Å²) < 4.78 is 10.2. The van der Waals surface area contributed by atoms with E-state index in [1.807, 2.05) is 0 Å². The van der Waals surface area contributed by atoms with Gasteiger partial charge in [0.25, 0.3) is 0 Å². The zero-order chi connectivity index (χ0) is 10.3. The summed E-state index contributed by atoms with van der Waals surface area (Å²) in [5.74, 6) is 0.912. The third-order valence-corrected chi connectivity index (χ3v) is 2.24. The van der Waals surface area contributed by atoms with Gasteiger partial charge in [-0.15, -0.1) is 0 Å². The average molecular weight is 194 g/mol. The predicted octanol–water partition coefficient (Wildman–Crippen LogP) is 0.841. The summed E-state index contributed by atoms with van der Waals surface area (Å²) in [5.41, 5.74) is 0.0690. The van der Waals surface area contributed by atoms with Crippen molar-refractivity contribution < 1.29 is 13.9 Å². The Morgan fingerprint density at radius 2 is 2.29 bits per heavy atom. The fourth-order valence-corrected chi connectivity index (χ4v) is 1.51. The standard InChI is InChI=1S/C10H10O4/c1-5-3-9-7(10(12)13-5)4-8(14-9)6(2)11/h3,8H,4H2,1-2H3. The Labute approximate surface area is 80.5 Å². The summed E-state index contributed by atoms with van der Waals surface area (Å²) in [5, 5.41) is 0. The van der Waals surface area contributed by atoms with Crippen molar-refractivity contribution in [3.05, 3.63) is 27.8 Å². The molecule has 0 radical (unpaired) electrons. The Balaban J connectivity index is 2.45. The summed E-state index contributed by atoms with van der Waals surface area (Å²) >= 11 is 0. The second-order valence-electron chi connectivity index (χ2n) is 3.41. The van der Waals surface area contributed by atoms with Gasteiger partial charge in [-0.3, -0.25) is 4.79 Å². The molecule has 0 aliphatic carbocycles. The molecule has 14 heavy (non-hydrogen) atoms. The van der Waals surface area contributed by atoms with Gasteiger partial charge in [-0.1, -0.05) is 0 Å². The van der Waals surface area contributed by atoms with Crippen LogP contribution in [-0.4, -0.2) is 11.9 Å². The lowest BCUT2D eigenvalue weighted by atomic mass is 10.1. The highest BCUT2D eigenvalue weighted by atomic mass is 16.5. The molecule has 4 heteroatoms. The van der Waals surface area contributed by atoms with Crippen LogP contribution < -0.4 is 10.4 Å². The van der Waals surface area contributed by atoms with Crippen LogP contribution in [-0.2, 0) is 11.2 Å². The molecule has 2 rings (SSSR count). The Kier molecular flexibility index (Phi) is 1.91. The monoisotopic (exact) mass is 194 g/mol. The van der Waals surface area contributed by atoms with E-state index >= 15 is 0 Å². The highest BCUT2D eigenvalue weighted by Crippen LogP contribution is 2.26. The smallest absolute Gasteiger partial charge is 0.343 e. The van der Waals surface area contributed by atoms with Gasteiger partial charge in [-0.25, -0.2) is 4.79 Å². The van der Waals surface area contributed by atoms with Gasteiger partial charge in [0, 0.05) is 12.5 Å². The summed E-state index contributed by atoms with van der Waals surface area (Å²) in [4.78, 5) is 22.4. The zero-order valence-corrected chi connectivity index (χ0v) is 7.99. The summed E-state index contributed by atoms with van der Waals surface area (Å²) in [6, 6.07) is 1.64. The van der Waals surface area contributed by atoms with Gasteiger partial charge in [-0.05, 0) is 13.8 Å². The first kappa shape index (κ1) is 8.99. The molecule has 1 aromatic rings. The topological polar surface area (TPSA) is 56.5 Å². The number of carbonyl (C=O) groups excluding carboxylic acids is 1. The maximum Gasteiger partial charge on any atom is 0.343 e. The summed E-state index contributed by atoms with van der Waals surface area (Å²) in [7, 11) is 0. The van der Waals surface area contributed by atoms with E-state index in [-0.39, 0.29) is 5.78 Å². The van der Waals surface area contributed by atoms with Gasteiger partial charge < -0.3 is 9.15 Å². The van der Waals surface area contributed by atoms with E-state index in [1.54, 1.807) is 13.0 Å². The molecule has 0 fully saturated rings. The van der Waals surface area contributed by atoms with Gasteiger partial charge in [0.1, 0.15) is 11.5 Å². The maximum atomic E-state index is 11.3. The van der Waals surface area contributed by atoms with Crippen molar-refractivity contribution in [1.82, 2.24) is 0 Å². The Morgan fingerprint density at radius 1 is 1.57 bits per heavy atom. The van der Waals surface area contributed by atoms with Crippen LogP contribution >= 0.6 is 0 Å². The Bertz CT molecular complexity index is 444. The molecule has 1 unspecified atom stereocenters. The largest absolute Gasteiger partial charge is 0.482 e. The third-order valence-electron chi connectivity index (χ3n) is 2.24. The van der Waals surface area contributed by atoms with Crippen LogP contribution in [0.1, 0.15) is 18.2 Å². The number of aryl methyl sites for hydroxylation is 1. The van der Waals surface area contributed by atoms with Crippen LogP contribution in [0, 0.1) is 6.92 Å². The minimum Gasteiger partial charge on any atom is -0.482 e. The quantitative estimate of drug-likeness (QED) is 0.664. The normalized spacial score (nSPS) is 18.9. The van der Waals surface area contributed by atoms with Crippen LogP contribution in [0.4, 0.5) is 0 Å². The highest BCUT2D eigenvalue weighted by Gasteiger charge is 2.29. The molecular weight excluding hydrogens is 184 g/mol. The van der Waals surface area contributed by atoms with Crippen LogP contribution in [0.25, 0.3) is 0 Å². The fraction of sp³-hybridized carbons (Fsp3) is 0.400. The molecule has 0 N–H and O–H groups in total. The van der Waals surface area contributed by atoms with Gasteiger partial charge in [-0.2, -0.15) is 0 Å². The molecular formula is C10H10O4. The van der Waals surface area contributed by atoms with E-state index in [1.165, 1.54) is 6.92 Å². The van der Waals surface area contributed by atoms with Gasteiger partial charge in [0.15, 0.2) is 11.9 Å². The van der Waals surface area contributed by atoms with E-state index in [9.17, 15) is 9.59 Å². The lowest BCUT2D eigenvalue weighted by Crippen LogP contribution is -2.22. The molecule has 0 bridgehead atoms. The van der Waals surface area contributed by atoms with Crippen molar-refractivity contribution in [2.24, 2.45) is 0 Å². The molecule has 0 spiro atoms. The third kappa shape index (κ3) is 1.32. The van der Waals surface area contributed by atoms with E-state index < -0.39 is 11.7 Å². The van der Waals surface area contributed by atoms with Gasteiger partial charge >= 0.3 is 5.63 Å². The molecule has 0 saturated carbocycles. The maximum absolute atomic E-state index is 11.3. The summed E-state index contributed by atoms with van der Waals surface area (Å²) in [6.07, 6.45) is -0.192. The molecule has 1 atom stereocenters. The predicted molar refractivity (Wildman–Crippen MR) is 48.5 cm³/mol. The first-order valence-corrected chi connectivity index (χ1v) is 4.38.